The summed E-state index contributed by atoms with van der Waals surface area (Å²) in [6, 6.07) is 21.9. The predicted molar refractivity (Wildman–Crippen MR) is 131 cm³/mol. The van der Waals surface area contributed by atoms with Gasteiger partial charge in [0.05, 0.1) is 24.9 Å². The molecule has 0 saturated carbocycles. The number of hydrogen-bond donors (Lipinski definition) is 0. The molecule has 2 amide bonds. The molecule has 0 bridgehead atoms. The average Bonchev–Trinajstić information content (AvgIpc) is 2.89. The zero-order chi connectivity index (χ0) is 23.5. The molecular weight excluding hydrogens is 436 g/mol. The fourth-order valence-electron chi connectivity index (χ4n) is 4.32. The largest absolute Gasteiger partial charge is 0.497 e. The van der Waals surface area contributed by atoms with Crippen LogP contribution in [0.1, 0.15) is 35.3 Å². The molecule has 1 atom stereocenters. The van der Waals surface area contributed by atoms with Crippen molar-refractivity contribution in [3.8, 4) is 5.75 Å². The SMILES string of the molecule is COc1cccc(CN2C(=O)c3cc(Cl)ccc3N(Cc3ccccc3)C(=O)[C@@H]2C(C)C)c1. The Labute approximate surface area is 199 Å². The molecule has 0 aromatic heterocycles. The Bertz CT molecular complexity index is 1160. The van der Waals surface area contributed by atoms with E-state index in [0.717, 1.165) is 11.1 Å². The van der Waals surface area contributed by atoms with Crippen molar-refractivity contribution < 1.29 is 14.3 Å². The number of carbonyl (C=O) groups is 2. The summed E-state index contributed by atoms with van der Waals surface area (Å²) < 4.78 is 5.35. The monoisotopic (exact) mass is 462 g/mol. The molecule has 0 N–H and O–H groups in total. The van der Waals surface area contributed by atoms with Crippen LogP contribution in [0.5, 0.6) is 5.75 Å². The predicted octanol–water partition coefficient (Wildman–Crippen LogP) is 5.56. The summed E-state index contributed by atoms with van der Waals surface area (Å²) >= 11 is 6.30. The van der Waals surface area contributed by atoms with Gasteiger partial charge in [-0.25, -0.2) is 0 Å². The van der Waals surface area contributed by atoms with Crippen molar-refractivity contribution in [1.82, 2.24) is 4.90 Å². The molecule has 0 fully saturated rings. The van der Waals surface area contributed by atoms with Crippen molar-refractivity contribution in [2.45, 2.75) is 33.0 Å². The molecule has 0 aliphatic carbocycles. The Morgan fingerprint density at radius 2 is 1.64 bits per heavy atom. The highest BCUT2D eigenvalue weighted by Crippen LogP contribution is 2.34. The van der Waals surface area contributed by atoms with E-state index in [4.69, 9.17) is 16.3 Å². The summed E-state index contributed by atoms with van der Waals surface area (Å²) in [7, 11) is 1.61. The van der Waals surface area contributed by atoms with E-state index in [1.807, 2.05) is 68.4 Å². The van der Waals surface area contributed by atoms with Crippen LogP contribution >= 0.6 is 11.6 Å². The van der Waals surface area contributed by atoms with Crippen LogP contribution in [0.2, 0.25) is 5.02 Å². The zero-order valence-corrected chi connectivity index (χ0v) is 19.8. The van der Waals surface area contributed by atoms with Crippen LogP contribution in [0, 0.1) is 5.92 Å². The van der Waals surface area contributed by atoms with Crippen LogP contribution in [0.4, 0.5) is 5.69 Å². The molecule has 1 heterocycles. The maximum atomic E-state index is 14.0. The lowest BCUT2D eigenvalue weighted by Crippen LogP contribution is -2.50. The molecule has 3 aromatic rings. The van der Waals surface area contributed by atoms with E-state index in [2.05, 4.69) is 0 Å². The summed E-state index contributed by atoms with van der Waals surface area (Å²) in [5, 5.41) is 0.457. The quantitative estimate of drug-likeness (QED) is 0.481. The molecule has 0 unspecified atom stereocenters. The number of methoxy groups -OCH3 is 1. The van der Waals surface area contributed by atoms with Crippen LogP contribution in [0.25, 0.3) is 0 Å². The third kappa shape index (κ3) is 4.74. The first-order chi connectivity index (χ1) is 15.9. The van der Waals surface area contributed by atoms with Crippen molar-refractivity contribution >= 4 is 29.1 Å². The van der Waals surface area contributed by atoms with Gasteiger partial charge in [0, 0.05) is 11.6 Å². The molecule has 1 aliphatic rings. The molecule has 0 saturated heterocycles. The normalized spacial score (nSPS) is 16.1. The lowest BCUT2D eigenvalue weighted by molar-refractivity contribution is -0.124. The first kappa shape index (κ1) is 22.9. The van der Waals surface area contributed by atoms with Crippen LogP contribution < -0.4 is 9.64 Å². The highest BCUT2D eigenvalue weighted by molar-refractivity contribution is 6.31. The van der Waals surface area contributed by atoms with E-state index in [0.29, 0.717) is 28.6 Å². The number of benzene rings is 3. The number of anilines is 1. The molecule has 33 heavy (non-hydrogen) atoms. The Hall–Kier alpha value is -3.31. The minimum atomic E-state index is -0.626. The molecule has 170 valence electrons. The Balaban J connectivity index is 1.82. The van der Waals surface area contributed by atoms with E-state index < -0.39 is 6.04 Å². The van der Waals surface area contributed by atoms with Crippen LogP contribution in [-0.2, 0) is 17.9 Å². The highest BCUT2D eigenvalue weighted by atomic mass is 35.5. The van der Waals surface area contributed by atoms with Crippen molar-refractivity contribution in [2.75, 3.05) is 12.0 Å². The summed E-state index contributed by atoms with van der Waals surface area (Å²) in [4.78, 5) is 31.2. The minimum absolute atomic E-state index is 0.0879. The van der Waals surface area contributed by atoms with Crippen LogP contribution in [0.15, 0.2) is 72.8 Å². The van der Waals surface area contributed by atoms with E-state index in [-0.39, 0.29) is 24.3 Å². The maximum absolute atomic E-state index is 14.0. The standard InChI is InChI=1S/C27H27ClN2O3/c1-18(2)25-27(32)29(16-19-8-5-4-6-9-19)24-13-12-21(28)15-23(24)26(31)30(25)17-20-10-7-11-22(14-20)33-3/h4-15,18,25H,16-17H2,1-3H3/t25-/m0/s1. The first-order valence-corrected chi connectivity index (χ1v) is 11.4. The van der Waals surface area contributed by atoms with Gasteiger partial charge in [0.15, 0.2) is 0 Å². The average molecular weight is 463 g/mol. The third-order valence-corrected chi connectivity index (χ3v) is 6.13. The Morgan fingerprint density at radius 3 is 2.33 bits per heavy atom. The number of amides is 2. The van der Waals surface area contributed by atoms with Gasteiger partial charge in [0.25, 0.3) is 5.91 Å². The van der Waals surface area contributed by atoms with Crippen LogP contribution in [0.3, 0.4) is 0 Å². The van der Waals surface area contributed by atoms with Crippen LogP contribution in [-0.4, -0.2) is 29.9 Å². The molecular formula is C27H27ClN2O3. The fraction of sp³-hybridized carbons (Fsp3) is 0.259. The number of fused-ring (bicyclic) bond motifs is 1. The summed E-state index contributed by atoms with van der Waals surface area (Å²) in [6.07, 6.45) is 0. The van der Waals surface area contributed by atoms with Crippen molar-refractivity contribution in [3.63, 3.8) is 0 Å². The van der Waals surface area contributed by atoms with Crippen molar-refractivity contribution in [3.05, 3.63) is 94.5 Å². The maximum Gasteiger partial charge on any atom is 0.257 e. The molecule has 4 rings (SSSR count). The molecule has 0 radical (unpaired) electrons. The second-order valence-electron chi connectivity index (χ2n) is 8.54. The lowest BCUT2D eigenvalue weighted by Gasteiger charge is -2.33. The molecule has 1 aliphatic heterocycles. The van der Waals surface area contributed by atoms with E-state index in [9.17, 15) is 9.59 Å². The number of ether oxygens (including phenoxy) is 1. The van der Waals surface area contributed by atoms with Gasteiger partial charge in [-0.05, 0) is 47.4 Å². The third-order valence-electron chi connectivity index (χ3n) is 5.90. The Kier molecular flexibility index (Phi) is 6.70. The highest BCUT2D eigenvalue weighted by Gasteiger charge is 2.41. The molecule has 3 aromatic carbocycles. The van der Waals surface area contributed by atoms with Gasteiger partial charge in [-0.1, -0.05) is 67.9 Å². The van der Waals surface area contributed by atoms with E-state index >= 15 is 0 Å². The molecule has 5 nitrogen and oxygen atoms in total. The van der Waals surface area contributed by atoms with E-state index in [1.165, 1.54) is 0 Å². The first-order valence-electron chi connectivity index (χ1n) is 11.0. The number of carbonyl (C=O) groups excluding carboxylic acids is 2. The number of nitrogens with zero attached hydrogens (tertiary/aromatic N) is 2. The zero-order valence-electron chi connectivity index (χ0n) is 19.0. The number of hydrogen-bond acceptors (Lipinski definition) is 3. The van der Waals surface area contributed by atoms with Gasteiger partial charge in [-0.3, -0.25) is 9.59 Å². The number of halogens is 1. The van der Waals surface area contributed by atoms with Crippen molar-refractivity contribution in [2.24, 2.45) is 5.92 Å². The second kappa shape index (κ2) is 9.67. The molecule has 0 spiro atoms. The van der Waals surface area contributed by atoms with Gasteiger partial charge in [0.1, 0.15) is 11.8 Å². The lowest BCUT2D eigenvalue weighted by atomic mass is 9.99. The van der Waals surface area contributed by atoms with Gasteiger partial charge >= 0.3 is 0 Å². The minimum Gasteiger partial charge on any atom is -0.497 e. The topological polar surface area (TPSA) is 49.9 Å². The van der Waals surface area contributed by atoms with Gasteiger partial charge in [0.2, 0.25) is 5.91 Å². The van der Waals surface area contributed by atoms with Gasteiger partial charge in [-0.15, -0.1) is 0 Å². The second-order valence-corrected chi connectivity index (χ2v) is 8.98. The summed E-state index contributed by atoms with van der Waals surface area (Å²) in [6.45, 7) is 4.60. The molecule has 6 heteroatoms. The van der Waals surface area contributed by atoms with Gasteiger partial charge in [-0.2, -0.15) is 0 Å². The van der Waals surface area contributed by atoms with E-state index in [1.54, 1.807) is 35.1 Å². The fourth-order valence-corrected chi connectivity index (χ4v) is 4.49. The smallest absolute Gasteiger partial charge is 0.257 e. The summed E-state index contributed by atoms with van der Waals surface area (Å²) in [5.74, 6) is 0.301. The van der Waals surface area contributed by atoms with Crippen molar-refractivity contribution in [1.29, 1.82) is 0 Å². The summed E-state index contributed by atoms with van der Waals surface area (Å²) in [5.41, 5.74) is 2.89. The number of rotatable bonds is 6. The Morgan fingerprint density at radius 1 is 0.909 bits per heavy atom. The van der Waals surface area contributed by atoms with Gasteiger partial charge < -0.3 is 14.5 Å².